The summed E-state index contributed by atoms with van der Waals surface area (Å²) in [5.41, 5.74) is 6.35. The van der Waals surface area contributed by atoms with E-state index in [-0.39, 0.29) is 18.3 Å². The van der Waals surface area contributed by atoms with Gasteiger partial charge in [0, 0.05) is 41.2 Å². The Balaban J connectivity index is 1.34. The van der Waals surface area contributed by atoms with Crippen molar-refractivity contribution in [1.82, 2.24) is 4.57 Å². The number of rotatable bonds is 12. The Bertz CT molecular complexity index is 1450. The minimum absolute atomic E-state index is 0.0116. The molecule has 1 unspecified atom stereocenters. The minimum atomic E-state index is -0.811. The first kappa shape index (κ1) is 26.7. The van der Waals surface area contributed by atoms with Gasteiger partial charge in [0.2, 0.25) is 0 Å². The van der Waals surface area contributed by atoms with E-state index in [1.54, 1.807) is 0 Å². The molecule has 1 aliphatic carbocycles. The number of benzene rings is 3. The van der Waals surface area contributed by atoms with Crippen LogP contribution in [-0.2, 0) is 24.2 Å². The summed E-state index contributed by atoms with van der Waals surface area (Å²) in [6.45, 7) is 2.75. The van der Waals surface area contributed by atoms with Crippen molar-refractivity contribution < 1.29 is 19.4 Å². The van der Waals surface area contributed by atoms with Crippen molar-refractivity contribution in [3.05, 3.63) is 101 Å². The van der Waals surface area contributed by atoms with Gasteiger partial charge in [-0.2, -0.15) is 0 Å². The fraction of sp³-hybridized carbons (Fsp3) is 0.353. The van der Waals surface area contributed by atoms with Crippen molar-refractivity contribution in [2.24, 2.45) is 0 Å². The topological polar surface area (TPSA) is 68.5 Å². The standard InChI is InChI=1S/C34H37NO4/c1-2-3-13-32(27-16-15-24-9-4-5-10-26(24)22-27)39-28-19-17-25(18-20-28)34(38)30-23-35(21-8-14-33(36)37)31-12-7-6-11-29(30)31/h6-7,11-12,15-20,22-23,32H,2-5,8-10,13-14,21H2,1H3,(H,36,37). The molecular formula is C34H37NO4. The Labute approximate surface area is 230 Å². The number of ketones is 1. The molecule has 1 heterocycles. The van der Waals surface area contributed by atoms with E-state index < -0.39 is 5.97 Å². The zero-order valence-electron chi connectivity index (χ0n) is 22.7. The molecule has 1 N–H and O–H groups in total. The third kappa shape index (κ3) is 6.25. The van der Waals surface area contributed by atoms with E-state index >= 15 is 0 Å². The van der Waals surface area contributed by atoms with Gasteiger partial charge in [0.05, 0.1) is 0 Å². The average molecular weight is 524 g/mol. The fourth-order valence-electron chi connectivity index (χ4n) is 5.65. The van der Waals surface area contributed by atoms with E-state index in [9.17, 15) is 9.59 Å². The monoisotopic (exact) mass is 523 g/mol. The SMILES string of the molecule is CCCCC(Oc1ccc(C(=O)c2cn(CCCC(=O)O)c3ccccc23)cc1)c1ccc2c(c1)CCCC2. The predicted octanol–water partition coefficient (Wildman–Crippen LogP) is 7.93. The molecule has 5 nitrogen and oxygen atoms in total. The third-order valence-corrected chi connectivity index (χ3v) is 7.78. The quantitative estimate of drug-likeness (QED) is 0.192. The second-order valence-corrected chi connectivity index (χ2v) is 10.6. The van der Waals surface area contributed by atoms with Crippen LogP contribution in [0, 0.1) is 0 Å². The fourth-order valence-corrected chi connectivity index (χ4v) is 5.65. The molecule has 0 fully saturated rings. The first-order valence-corrected chi connectivity index (χ1v) is 14.3. The number of hydrogen-bond donors (Lipinski definition) is 1. The van der Waals surface area contributed by atoms with Crippen LogP contribution in [0.1, 0.15) is 90.6 Å². The molecule has 5 rings (SSSR count). The van der Waals surface area contributed by atoms with Gasteiger partial charge in [-0.3, -0.25) is 9.59 Å². The molecule has 3 aromatic carbocycles. The van der Waals surface area contributed by atoms with E-state index in [1.165, 1.54) is 36.0 Å². The van der Waals surface area contributed by atoms with E-state index in [0.717, 1.165) is 42.3 Å². The molecule has 0 bridgehead atoms. The molecule has 5 heteroatoms. The van der Waals surface area contributed by atoms with Crippen LogP contribution >= 0.6 is 0 Å². The lowest BCUT2D eigenvalue weighted by Gasteiger charge is -2.23. The Morgan fingerprint density at radius 1 is 0.949 bits per heavy atom. The number of carbonyl (C=O) groups excluding carboxylic acids is 1. The number of unbranched alkanes of at least 4 members (excludes halogenated alkanes) is 1. The van der Waals surface area contributed by atoms with Gasteiger partial charge >= 0.3 is 5.97 Å². The van der Waals surface area contributed by atoms with Crippen molar-refractivity contribution in [3.63, 3.8) is 0 Å². The summed E-state index contributed by atoms with van der Waals surface area (Å²) in [7, 11) is 0. The van der Waals surface area contributed by atoms with Gasteiger partial charge in [0.25, 0.3) is 0 Å². The van der Waals surface area contributed by atoms with Crippen LogP contribution in [0.15, 0.2) is 72.9 Å². The van der Waals surface area contributed by atoms with Crippen LogP contribution < -0.4 is 4.74 Å². The van der Waals surface area contributed by atoms with Gasteiger partial charge in [0.1, 0.15) is 11.9 Å². The lowest BCUT2D eigenvalue weighted by molar-refractivity contribution is -0.137. The van der Waals surface area contributed by atoms with Crippen LogP contribution in [-0.4, -0.2) is 21.4 Å². The number of aryl methyl sites for hydroxylation is 3. The maximum atomic E-state index is 13.5. The number of aromatic nitrogens is 1. The van der Waals surface area contributed by atoms with Crippen molar-refractivity contribution in [3.8, 4) is 5.75 Å². The highest BCUT2D eigenvalue weighted by Crippen LogP contribution is 2.31. The number of ether oxygens (including phenoxy) is 1. The zero-order chi connectivity index (χ0) is 27.2. The van der Waals surface area contributed by atoms with E-state index in [2.05, 4.69) is 25.1 Å². The van der Waals surface area contributed by atoms with Gasteiger partial charge in [-0.25, -0.2) is 0 Å². The summed E-state index contributed by atoms with van der Waals surface area (Å²) in [5, 5.41) is 9.88. The van der Waals surface area contributed by atoms with E-state index in [0.29, 0.717) is 24.1 Å². The van der Waals surface area contributed by atoms with E-state index in [4.69, 9.17) is 9.84 Å². The average Bonchev–Trinajstić information content (AvgIpc) is 3.33. The molecule has 39 heavy (non-hydrogen) atoms. The highest BCUT2D eigenvalue weighted by molar-refractivity contribution is 6.16. The van der Waals surface area contributed by atoms with Crippen molar-refractivity contribution in [1.29, 1.82) is 0 Å². The second kappa shape index (κ2) is 12.3. The van der Waals surface area contributed by atoms with Crippen molar-refractivity contribution in [2.75, 3.05) is 0 Å². The maximum Gasteiger partial charge on any atom is 0.303 e. The molecule has 1 aliphatic rings. The number of carbonyl (C=O) groups is 2. The molecule has 202 valence electrons. The second-order valence-electron chi connectivity index (χ2n) is 10.6. The molecule has 0 aliphatic heterocycles. The molecule has 1 atom stereocenters. The maximum absolute atomic E-state index is 13.5. The summed E-state index contributed by atoms with van der Waals surface area (Å²) < 4.78 is 8.49. The highest BCUT2D eigenvalue weighted by atomic mass is 16.5. The van der Waals surface area contributed by atoms with Crippen molar-refractivity contribution in [2.45, 2.75) is 77.4 Å². The molecule has 0 saturated heterocycles. The number of carboxylic acid groups (broad SMARTS) is 1. The molecule has 1 aromatic heterocycles. The summed E-state index contributed by atoms with van der Waals surface area (Å²) in [4.78, 5) is 24.5. The largest absolute Gasteiger partial charge is 0.486 e. The smallest absolute Gasteiger partial charge is 0.303 e. The lowest BCUT2D eigenvalue weighted by atomic mass is 9.89. The van der Waals surface area contributed by atoms with Crippen LogP contribution in [0.3, 0.4) is 0 Å². The Morgan fingerprint density at radius 3 is 2.49 bits per heavy atom. The summed E-state index contributed by atoms with van der Waals surface area (Å²) in [6, 6.07) is 22.1. The summed E-state index contributed by atoms with van der Waals surface area (Å²) in [5.74, 6) is -0.0953. The summed E-state index contributed by atoms with van der Waals surface area (Å²) >= 11 is 0. The third-order valence-electron chi connectivity index (χ3n) is 7.78. The number of fused-ring (bicyclic) bond motifs is 2. The van der Waals surface area contributed by atoms with Crippen molar-refractivity contribution >= 4 is 22.7 Å². The van der Waals surface area contributed by atoms with Gasteiger partial charge in [0.15, 0.2) is 5.78 Å². The highest BCUT2D eigenvalue weighted by Gasteiger charge is 2.19. The zero-order valence-corrected chi connectivity index (χ0v) is 22.7. The van der Waals surface area contributed by atoms with Gasteiger partial charge in [-0.05, 0) is 92.0 Å². The number of carboxylic acids is 1. The molecule has 0 spiro atoms. The molecule has 0 radical (unpaired) electrons. The number of hydrogen-bond acceptors (Lipinski definition) is 3. The lowest BCUT2D eigenvalue weighted by Crippen LogP contribution is -2.11. The minimum Gasteiger partial charge on any atom is -0.486 e. The predicted molar refractivity (Wildman–Crippen MR) is 155 cm³/mol. The number of aliphatic carboxylic acids is 1. The van der Waals surface area contributed by atoms with Crippen LogP contribution in [0.25, 0.3) is 10.9 Å². The molecule has 0 saturated carbocycles. The van der Waals surface area contributed by atoms with Crippen LogP contribution in [0.2, 0.25) is 0 Å². The first-order chi connectivity index (χ1) is 19.0. The Morgan fingerprint density at radius 2 is 1.72 bits per heavy atom. The van der Waals surface area contributed by atoms with Gasteiger partial charge in [-0.15, -0.1) is 0 Å². The molecule has 4 aromatic rings. The molecular weight excluding hydrogens is 486 g/mol. The Hall–Kier alpha value is -3.86. The number of para-hydroxylation sites is 1. The van der Waals surface area contributed by atoms with E-state index in [1.807, 2.05) is 59.3 Å². The first-order valence-electron chi connectivity index (χ1n) is 14.3. The van der Waals surface area contributed by atoms with Crippen LogP contribution in [0.4, 0.5) is 0 Å². The Kier molecular flexibility index (Phi) is 8.45. The van der Waals surface area contributed by atoms with Gasteiger partial charge in [-0.1, -0.05) is 49.7 Å². The van der Waals surface area contributed by atoms with Crippen LogP contribution in [0.5, 0.6) is 5.75 Å². The van der Waals surface area contributed by atoms with Gasteiger partial charge < -0.3 is 14.4 Å². The molecule has 0 amide bonds. The number of nitrogens with zero attached hydrogens (tertiary/aromatic N) is 1. The summed E-state index contributed by atoms with van der Waals surface area (Å²) in [6.07, 6.45) is 10.5. The normalized spacial score (nSPS) is 13.7.